The highest BCUT2D eigenvalue weighted by Gasteiger charge is 2.34. The Morgan fingerprint density at radius 3 is 2.52 bits per heavy atom. The van der Waals surface area contributed by atoms with Crippen molar-refractivity contribution >= 4 is 29.4 Å². The zero-order valence-electron chi connectivity index (χ0n) is 16.7. The number of piperidine rings is 1. The number of hydrogen-bond acceptors (Lipinski definition) is 6. The van der Waals surface area contributed by atoms with Crippen LogP contribution in [0.1, 0.15) is 37.7 Å². The van der Waals surface area contributed by atoms with Crippen molar-refractivity contribution in [3.63, 3.8) is 0 Å². The lowest BCUT2D eigenvalue weighted by molar-refractivity contribution is -0.141. The van der Waals surface area contributed by atoms with E-state index in [-0.39, 0.29) is 29.5 Å². The second-order valence-electron chi connectivity index (χ2n) is 6.96. The van der Waals surface area contributed by atoms with Crippen molar-refractivity contribution in [1.29, 1.82) is 0 Å². The molecule has 162 valence electrons. The standard InChI is InChI=1S/C18H26F3N5O2S/c1-11-22-15(18(19,20)21)10-16(23-11)26-7-4-13(5-8-26)25-17(28)14(6-9-29-3)24-12(2)27/h10,13-14H,4-9H2,1-3H3,(H,24,27)(H,25,28)/t14-/m0/s1. The summed E-state index contributed by atoms with van der Waals surface area (Å²) in [6.07, 6.45) is -0.912. The Kier molecular flexibility index (Phi) is 8.12. The zero-order chi connectivity index (χ0) is 21.6. The molecule has 1 atom stereocenters. The Bertz CT molecular complexity index is 724. The summed E-state index contributed by atoms with van der Waals surface area (Å²) < 4.78 is 39.0. The van der Waals surface area contributed by atoms with E-state index in [2.05, 4.69) is 20.6 Å². The Labute approximate surface area is 172 Å². The molecular formula is C18H26F3N5O2S. The van der Waals surface area contributed by atoms with Crippen LogP contribution in [0.5, 0.6) is 0 Å². The summed E-state index contributed by atoms with van der Waals surface area (Å²) in [5.74, 6) is 0.555. The highest BCUT2D eigenvalue weighted by atomic mass is 32.2. The third-order valence-corrected chi connectivity index (χ3v) is 5.23. The van der Waals surface area contributed by atoms with Crippen molar-refractivity contribution < 1.29 is 22.8 Å². The summed E-state index contributed by atoms with van der Waals surface area (Å²) in [5, 5.41) is 5.62. The highest BCUT2D eigenvalue weighted by molar-refractivity contribution is 7.98. The van der Waals surface area contributed by atoms with Crippen molar-refractivity contribution in [2.75, 3.05) is 30.0 Å². The van der Waals surface area contributed by atoms with Gasteiger partial charge in [-0.15, -0.1) is 0 Å². The van der Waals surface area contributed by atoms with E-state index >= 15 is 0 Å². The second kappa shape index (κ2) is 10.1. The average molecular weight is 434 g/mol. The smallest absolute Gasteiger partial charge is 0.356 e. The maximum absolute atomic E-state index is 13.0. The maximum atomic E-state index is 13.0. The summed E-state index contributed by atoms with van der Waals surface area (Å²) in [7, 11) is 0. The Morgan fingerprint density at radius 1 is 1.31 bits per heavy atom. The number of rotatable bonds is 7. The van der Waals surface area contributed by atoms with E-state index < -0.39 is 17.9 Å². The van der Waals surface area contributed by atoms with Crippen LogP contribution in [0, 0.1) is 6.92 Å². The summed E-state index contributed by atoms with van der Waals surface area (Å²) in [5.41, 5.74) is -0.956. The number of carbonyl (C=O) groups is 2. The summed E-state index contributed by atoms with van der Waals surface area (Å²) >= 11 is 1.59. The molecule has 29 heavy (non-hydrogen) atoms. The predicted octanol–water partition coefficient (Wildman–Crippen LogP) is 2.15. The van der Waals surface area contributed by atoms with Crippen LogP contribution in [0.15, 0.2) is 6.07 Å². The van der Waals surface area contributed by atoms with Gasteiger partial charge < -0.3 is 15.5 Å². The molecule has 0 saturated carbocycles. The molecule has 2 amide bonds. The van der Waals surface area contributed by atoms with E-state index in [1.165, 1.54) is 13.8 Å². The number of thioether (sulfide) groups is 1. The van der Waals surface area contributed by atoms with Crippen molar-refractivity contribution in [2.45, 2.75) is 51.4 Å². The van der Waals surface area contributed by atoms with E-state index in [4.69, 9.17) is 0 Å². The van der Waals surface area contributed by atoms with Gasteiger partial charge >= 0.3 is 6.18 Å². The number of anilines is 1. The van der Waals surface area contributed by atoms with Gasteiger partial charge in [-0.3, -0.25) is 9.59 Å². The van der Waals surface area contributed by atoms with Crippen LogP contribution in [-0.4, -0.2) is 59.0 Å². The van der Waals surface area contributed by atoms with Gasteiger partial charge in [-0.05, 0) is 38.2 Å². The Hall–Kier alpha value is -2.04. The first-order valence-corrected chi connectivity index (χ1v) is 10.7. The number of halogens is 3. The number of hydrogen-bond donors (Lipinski definition) is 2. The monoisotopic (exact) mass is 433 g/mol. The van der Waals surface area contributed by atoms with E-state index in [1.807, 2.05) is 6.26 Å². The quantitative estimate of drug-likeness (QED) is 0.685. The number of aryl methyl sites for hydroxylation is 1. The first-order chi connectivity index (χ1) is 13.6. The molecule has 1 aliphatic rings. The van der Waals surface area contributed by atoms with Crippen molar-refractivity contribution in [3.8, 4) is 0 Å². The Balaban J connectivity index is 1.95. The number of nitrogens with zero attached hydrogens (tertiary/aromatic N) is 3. The maximum Gasteiger partial charge on any atom is 0.433 e. The first kappa shape index (κ1) is 23.2. The Morgan fingerprint density at radius 2 is 1.97 bits per heavy atom. The number of amides is 2. The fourth-order valence-electron chi connectivity index (χ4n) is 3.16. The van der Waals surface area contributed by atoms with Gasteiger partial charge in [0.15, 0.2) is 0 Å². The normalized spacial score (nSPS) is 16.4. The number of aromatic nitrogens is 2. The summed E-state index contributed by atoms with van der Waals surface area (Å²) in [4.78, 5) is 33.2. The molecule has 11 heteroatoms. The molecule has 0 spiro atoms. The lowest BCUT2D eigenvalue weighted by Gasteiger charge is -2.34. The van der Waals surface area contributed by atoms with Gasteiger partial charge in [0.2, 0.25) is 11.8 Å². The van der Waals surface area contributed by atoms with E-state index in [1.54, 1.807) is 16.7 Å². The molecule has 1 fully saturated rings. The number of carbonyl (C=O) groups excluding carboxylic acids is 2. The molecule has 1 aromatic heterocycles. The lowest BCUT2D eigenvalue weighted by atomic mass is 10.0. The number of nitrogens with one attached hydrogen (secondary N) is 2. The van der Waals surface area contributed by atoms with Gasteiger partial charge in [-0.1, -0.05) is 0 Å². The van der Waals surface area contributed by atoms with Gasteiger partial charge in [0.05, 0.1) is 0 Å². The van der Waals surface area contributed by atoms with Gasteiger partial charge in [-0.2, -0.15) is 24.9 Å². The molecule has 0 aromatic carbocycles. The molecule has 2 heterocycles. The topological polar surface area (TPSA) is 87.2 Å². The van der Waals surface area contributed by atoms with Gasteiger partial charge in [0.1, 0.15) is 23.4 Å². The van der Waals surface area contributed by atoms with E-state index in [0.29, 0.717) is 32.4 Å². The average Bonchev–Trinajstić information content (AvgIpc) is 2.64. The molecule has 0 unspecified atom stereocenters. The van der Waals surface area contributed by atoms with Gasteiger partial charge in [0.25, 0.3) is 0 Å². The molecule has 0 radical (unpaired) electrons. The van der Waals surface area contributed by atoms with Gasteiger partial charge in [0, 0.05) is 32.1 Å². The molecule has 2 rings (SSSR count). The van der Waals surface area contributed by atoms with E-state index in [9.17, 15) is 22.8 Å². The largest absolute Gasteiger partial charge is 0.433 e. The molecular weight excluding hydrogens is 407 g/mol. The summed E-state index contributed by atoms with van der Waals surface area (Å²) in [6.45, 7) is 3.74. The first-order valence-electron chi connectivity index (χ1n) is 9.34. The lowest BCUT2D eigenvalue weighted by Crippen LogP contribution is -2.52. The molecule has 7 nitrogen and oxygen atoms in total. The van der Waals surface area contributed by atoms with Crippen LogP contribution in [0.3, 0.4) is 0 Å². The molecule has 1 saturated heterocycles. The molecule has 0 bridgehead atoms. The fraction of sp³-hybridized carbons (Fsp3) is 0.667. The summed E-state index contributed by atoms with van der Waals surface area (Å²) in [6, 6.07) is 0.271. The SMILES string of the molecule is CSCC[C@H](NC(C)=O)C(=O)NC1CCN(c2cc(C(F)(F)F)nc(C)n2)CC1. The van der Waals surface area contributed by atoms with Crippen LogP contribution in [-0.2, 0) is 15.8 Å². The number of alkyl halides is 3. The van der Waals surface area contributed by atoms with E-state index in [0.717, 1.165) is 11.8 Å². The zero-order valence-corrected chi connectivity index (χ0v) is 17.5. The van der Waals surface area contributed by atoms with Crippen LogP contribution >= 0.6 is 11.8 Å². The second-order valence-corrected chi connectivity index (χ2v) is 7.95. The molecule has 1 aliphatic heterocycles. The third kappa shape index (κ3) is 7.06. The van der Waals surface area contributed by atoms with Crippen LogP contribution in [0.2, 0.25) is 0 Å². The molecule has 0 aliphatic carbocycles. The molecule has 1 aromatic rings. The van der Waals surface area contributed by atoms with Crippen molar-refractivity contribution in [1.82, 2.24) is 20.6 Å². The van der Waals surface area contributed by atoms with Gasteiger partial charge in [-0.25, -0.2) is 9.97 Å². The minimum Gasteiger partial charge on any atom is -0.356 e. The van der Waals surface area contributed by atoms with Crippen LogP contribution < -0.4 is 15.5 Å². The minimum atomic E-state index is -4.52. The van der Waals surface area contributed by atoms with Crippen LogP contribution in [0.4, 0.5) is 19.0 Å². The fourth-order valence-corrected chi connectivity index (χ4v) is 3.64. The molecule has 2 N–H and O–H groups in total. The third-order valence-electron chi connectivity index (χ3n) is 4.58. The minimum absolute atomic E-state index is 0.0668. The van der Waals surface area contributed by atoms with Crippen LogP contribution in [0.25, 0.3) is 0 Å². The van der Waals surface area contributed by atoms with Crippen molar-refractivity contribution in [3.05, 3.63) is 17.6 Å². The van der Waals surface area contributed by atoms with Crippen molar-refractivity contribution in [2.24, 2.45) is 0 Å². The predicted molar refractivity (Wildman–Crippen MR) is 106 cm³/mol. The highest BCUT2D eigenvalue weighted by Crippen LogP contribution is 2.30.